The van der Waals surface area contributed by atoms with Crippen LogP contribution in [0.4, 0.5) is 0 Å². The molecule has 0 spiro atoms. The van der Waals surface area contributed by atoms with Gasteiger partial charge in [-0.3, -0.25) is 14.9 Å². The normalized spacial score (nSPS) is 11.7. The highest BCUT2D eigenvalue weighted by atomic mass is 35.5. The Balaban J connectivity index is 1.70. The number of hydrogen-bond acceptors (Lipinski definition) is 3. The fraction of sp³-hybridized carbons (Fsp3) is 0.250. The molecule has 0 radical (unpaired) electrons. The molecule has 0 aliphatic heterocycles. The van der Waals surface area contributed by atoms with Crippen molar-refractivity contribution in [3.8, 4) is 0 Å². The van der Waals surface area contributed by atoms with E-state index in [9.17, 15) is 0 Å². The molecule has 2 aromatic carbocycles. The quantitative estimate of drug-likeness (QED) is 0.356. The zero-order valence-corrected chi connectivity index (χ0v) is 18.3. The number of pyridine rings is 2. The van der Waals surface area contributed by atoms with Crippen molar-refractivity contribution < 1.29 is 0 Å². The molecule has 0 aliphatic rings. The summed E-state index contributed by atoms with van der Waals surface area (Å²) in [5, 5.41) is 3.55. The molecule has 4 rings (SSSR count). The Kier molecular flexibility index (Phi) is 5.73. The second-order valence-electron chi connectivity index (χ2n) is 7.32. The van der Waals surface area contributed by atoms with Crippen molar-refractivity contribution in [1.82, 2.24) is 14.9 Å². The summed E-state index contributed by atoms with van der Waals surface area (Å²) in [4.78, 5) is 11.8. The number of rotatable bonds is 5. The van der Waals surface area contributed by atoms with E-state index in [2.05, 4.69) is 11.8 Å². The Morgan fingerprint density at radius 2 is 1.14 bits per heavy atom. The summed E-state index contributed by atoms with van der Waals surface area (Å²) in [5.74, 6) is 0. The molecular formula is C24H23Cl2N3. The zero-order chi connectivity index (χ0) is 20.5. The maximum absolute atomic E-state index is 6.79. The van der Waals surface area contributed by atoms with Crippen LogP contribution in [0, 0.1) is 13.8 Å². The minimum absolute atomic E-state index is 0.710. The number of fused-ring (bicyclic) bond motifs is 2. The van der Waals surface area contributed by atoms with Gasteiger partial charge in [-0.05, 0) is 32.5 Å². The van der Waals surface area contributed by atoms with Crippen molar-refractivity contribution in [3.63, 3.8) is 0 Å². The smallest absolute Gasteiger partial charge is 0.0720 e. The maximum Gasteiger partial charge on any atom is 0.0720 e. The van der Waals surface area contributed by atoms with Gasteiger partial charge in [-0.25, -0.2) is 0 Å². The van der Waals surface area contributed by atoms with Crippen molar-refractivity contribution in [2.45, 2.75) is 33.9 Å². The van der Waals surface area contributed by atoms with Gasteiger partial charge in [-0.1, -0.05) is 66.5 Å². The van der Waals surface area contributed by atoms with Gasteiger partial charge >= 0.3 is 0 Å². The average Bonchev–Trinajstić information content (AvgIpc) is 2.72. The molecule has 0 fully saturated rings. The molecule has 3 nitrogen and oxygen atoms in total. The van der Waals surface area contributed by atoms with Crippen molar-refractivity contribution in [2.75, 3.05) is 6.54 Å². The second kappa shape index (κ2) is 8.27. The fourth-order valence-corrected chi connectivity index (χ4v) is 4.46. The van der Waals surface area contributed by atoms with Crippen LogP contribution in [0.1, 0.15) is 29.4 Å². The van der Waals surface area contributed by atoms with Crippen LogP contribution >= 0.6 is 23.2 Å². The lowest BCUT2D eigenvalue weighted by Gasteiger charge is -2.24. The van der Waals surface area contributed by atoms with Crippen LogP contribution in [0.25, 0.3) is 21.8 Å². The molecule has 2 aromatic heterocycles. The highest BCUT2D eigenvalue weighted by molar-refractivity contribution is 6.36. The first-order valence-electron chi connectivity index (χ1n) is 9.79. The summed E-state index contributed by atoms with van der Waals surface area (Å²) in [5.41, 5.74) is 5.92. The van der Waals surface area contributed by atoms with Crippen LogP contribution in [-0.4, -0.2) is 21.4 Å². The van der Waals surface area contributed by atoms with E-state index in [-0.39, 0.29) is 0 Å². The maximum atomic E-state index is 6.79. The number of nitrogens with zero attached hydrogens (tertiary/aromatic N) is 3. The summed E-state index contributed by atoms with van der Waals surface area (Å²) in [6.45, 7) is 8.48. The van der Waals surface area contributed by atoms with Crippen LogP contribution in [-0.2, 0) is 13.1 Å². The number of aromatic nitrogens is 2. The Bertz CT molecular complexity index is 1110. The summed E-state index contributed by atoms with van der Waals surface area (Å²) < 4.78 is 0. The number of halogens is 2. The number of para-hydroxylation sites is 2. The molecule has 29 heavy (non-hydrogen) atoms. The van der Waals surface area contributed by atoms with E-state index in [4.69, 9.17) is 33.2 Å². The lowest BCUT2D eigenvalue weighted by atomic mass is 10.1. The molecule has 148 valence electrons. The molecule has 5 heteroatoms. The van der Waals surface area contributed by atoms with Gasteiger partial charge < -0.3 is 0 Å². The molecule has 0 unspecified atom stereocenters. The summed E-state index contributed by atoms with van der Waals surface area (Å²) >= 11 is 13.6. The molecular weight excluding hydrogens is 401 g/mol. The number of benzene rings is 2. The van der Waals surface area contributed by atoms with E-state index in [1.165, 1.54) is 0 Å². The fourth-order valence-electron chi connectivity index (χ4n) is 3.75. The summed E-state index contributed by atoms with van der Waals surface area (Å²) in [6, 6.07) is 16.0. The van der Waals surface area contributed by atoms with E-state index in [0.717, 1.165) is 60.9 Å². The molecule has 2 heterocycles. The monoisotopic (exact) mass is 423 g/mol. The third kappa shape index (κ3) is 3.83. The predicted molar refractivity (Wildman–Crippen MR) is 123 cm³/mol. The van der Waals surface area contributed by atoms with E-state index in [0.29, 0.717) is 13.1 Å². The van der Waals surface area contributed by atoms with Gasteiger partial charge in [0.2, 0.25) is 0 Å². The first kappa shape index (κ1) is 20.1. The van der Waals surface area contributed by atoms with Crippen LogP contribution in [0.15, 0.2) is 48.5 Å². The van der Waals surface area contributed by atoms with Crippen molar-refractivity contribution in [1.29, 1.82) is 0 Å². The Hall–Kier alpha value is -2.20. The number of hydrogen-bond donors (Lipinski definition) is 0. The molecule has 0 bridgehead atoms. The standard InChI is InChI=1S/C24H23Cl2N3/c1-4-29(13-19-15(2)27-21-11-7-5-9-17(21)23(19)25)14-20-16(3)28-22-12-8-6-10-18(22)24(20)26/h5-12H,4,13-14H2,1-3H3. The van der Waals surface area contributed by atoms with E-state index in [1.54, 1.807) is 0 Å². The lowest BCUT2D eigenvalue weighted by molar-refractivity contribution is 0.270. The lowest BCUT2D eigenvalue weighted by Crippen LogP contribution is -2.24. The molecule has 0 saturated heterocycles. The van der Waals surface area contributed by atoms with Gasteiger partial charge in [0.1, 0.15) is 0 Å². The van der Waals surface area contributed by atoms with Gasteiger partial charge in [0.15, 0.2) is 0 Å². The van der Waals surface area contributed by atoms with Crippen molar-refractivity contribution in [2.24, 2.45) is 0 Å². The molecule has 0 saturated carbocycles. The van der Waals surface area contributed by atoms with E-state index < -0.39 is 0 Å². The van der Waals surface area contributed by atoms with Crippen LogP contribution in [0.5, 0.6) is 0 Å². The second-order valence-corrected chi connectivity index (χ2v) is 8.07. The average molecular weight is 424 g/mol. The molecule has 0 aliphatic carbocycles. The van der Waals surface area contributed by atoms with Gasteiger partial charge in [0, 0.05) is 46.4 Å². The summed E-state index contributed by atoms with van der Waals surface area (Å²) in [7, 11) is 0. The van der Waals surface area contributed by atoms with Crippen molar-refractivity contribution >= 4 is 45.0 Å². The Labute approximate surface area is 181 Å². The van der Waals surface area contributed by atoms with Gasteiger partial charge in [0.05, 0.1) is 21.1 Å². The molecule has 0 atom stereocenters. The molecule has 0 N–H and O–H groups in total. The predicted octanol–water partition coefficient (Wildman–Crippen LogP) is 6.73. The topological polar surface area (TPSA) is 29.0 Å². The number of aryl methyl sites for hydroxylation is 2. The van der Waals surface area contributed by atoms with E-state index in [1.807, 2.05) is 62.4 Å². The minimum atomic E-state index is 0.710. The van der Waals surface area contributed by atoms with Gasteiger partial charge in [0.25, 0.3) is 0 Å². The third-order valence-corrected chi connectivity index (χ3v) is 6.33. The molecule has 0 amide bonds. The van der Waals surface area contributed by atoms with Gasteiger partial charge in [-0.2, -0.15) is 0 Å². The summed E-state index contributed by atoms with van der Waals surface area (Å²) in [6.07, 6.45) is 0. The Morgan fingerprint density at radius 3 is 1.55 bits per heavy atom. The Morgan fingerprint density at radius 1 is 0.724 bits per heavy atom. The van der Waals surface area contributed by atoms with Crippen LogP contribution < -0.4 is 0 Å². The highest BCUT2D eigenvalue weighted by Crippen LogP contribution is 2.32. The van der Waals surface area contributed by atoms with Crippen LogP contribution in [0.2, 0.25) is 10.0 Å². The largest absolute Gasteiger partial charge is 0.295 e. The SMILES string of the molecule is CCN(Cc1c(C)nc2ccccc2c1Cl)Cc1c(C)nc2ccccc2c1Cl. The third-order valence-electron chi connectivity index (χ3n) is 5.47. The van der Waals surface area contributed by atoms with Gasteiger partial charge in [-0.15, -0.1) is 0 Å². The van der Waals surface area contributed by atoms with Crippen LogP contribution in [0.3, 0.4) is 0 Å². The van der Waals surface area contributed by atoms with E-state index >= 15 is 0 Å². The first-order valence-corrected chi connectivity index (χ1v) is 10.5. The molecule has 4 aromatic rings. The first-order chi connectivity index (χ1) is 14.0. The van der Waals surface area contributed by atoms with Crippen molar-refractivity contribution in [3.05, 3.63) is 81.1 Å². The highest BCUT2D eigenvalue weighted by Gasteiger charge is 2.17. The minimum Gasteiger partial charge on any atom is -0.295 e. The zero-order valence-electron chi connectivity index (χ0n) is 16.8.